The highest BCUT2D eigenvalue weighted by molar-refractivity contribution is 5.73. The Labute approximate surface area is 364 Å². The number of morpholine rings is 1. The lowest BCUT2D eigenvalue weighted by Gasteiger charge is -2.49. The van der Waals surface area contributed by atoms with Gasteiger partial charge in [-0.25, -0.2) is 0 Å². The van der Waals surface area contributed by atoms with Gasteiger partial charge in [-0.05, 0) is 87.7 Å². The average Bonchev–Trinajstić information content (AvgIpc) is 3.19. The van der Waals surface area contributed by atoms with Crippen LogP contribution in [0.4, 0.5) is 0 Å². The summed E-state index contributed by atoms with van der Waals surface area (Å²) in [6.07, 6.45) is -9.73. The molecule has 0 aromatic rings. The highest BCUT2D eigenvalue weighted by atomic mass is 16.7. The second-order valence-corrected chi connectivity index (χ2v) is 19.7. The summed E-state index contributed by atoms with van der Waals surface area (Å²) in [5, 5.41) is 70.3. The van der Waals surface area contributed by atoms with Crippen molar-refractivity contribution >= 4 is 5.97 Å². The molecule has 4 aliphatic heterocycles. The second-order valence-electron chi connectivity index (χ2n) is 19.7. The quantitative estimate of drug-likeness (QED) is 0.160. The number of cyclic esters (lactones) is 1. The van der Waals surface area contributed by atoms with Gasteiger partial charge in [0.2, 0.25) is 0 Å². The van der Waals surface area contributed by atoms with Crippen LogP contribution in [0.3, 0.4) is 0 Å². The van der Waals surface area contributed by atoms with E-state index in [0.717, 1.165) is 13.1 Å². The topological polar surface area (TPSA) is 213 Å². The molecule has 358 valence electrons. The molecule has 4 aliphatic rings. The van der Waals surface area contributed by atoms with Crippen LogP contribution in [-0.2, 0) is 38.0 Å². The third-order valence-electron chi connectivity index (χ3n) is 14.2. The molecule has 0 aliphatic carbocycles. The van der Waals surface area contributed by atoms with Crippen molar-refractivity contribution in [2.75, 3.05) is 67.1 Å². The van der Waals surface area contributed by atoms with Gasteiger partial charge in [0, 0.05) is 64.3 Å². The molecule has 4 fully saturated rings. The predicted molar refractivity (Wildman–Crippen MR) is 226 cm³/mol. The lowest BCUT2D eigenvalue weighted by Crippen LogP contribution is -2.61. The number of rotatable bonds is 11. The Balaban J connectivity index is 1.74. The van der Waals surface area contributed by atoms with E-state index in [4.69, 9.17) is 33.2 Å². The number of carbonyl (C=O) groups excluding carboxylic acids is 1. The molecule has 0 saturated carbocycles. The van der Waals surface area contributed by atoms with Crippen LogP contribution in [0.2, 0.25) is 0 Å². The van der Waals surface area contributed by atoms with E-state index in [9.17, 15) is 35.4 Å². The molecule has 17 heteroatoms. The maximum Gasteiger partial charge on any atom is 0.311 e. The monoisotopic (exact) mass is 878 g/mol. The van der Waals surface area contributed by atoms with Crippen LogP contribution < -0.4 is 0 Å². The molecule has 6 N–H and O–H groups in total. The number of methoxy groups -OCH3 is 1. The minimum absolute atomic E-state index is 0.106. The van der Waals surface area contributed by atoms with Crippen molar-refractivity contribution in [3.63, 3.8) is 0 Å². The predicted octanol–water partition coefficient (Wildman–Crippen LogP) is 0.964. The molecular formula is C44H83N3O14. The van der Waals surface area contributed by atoms with Crippen LogP contribution in [0.15, 0.2) is 0 Å². The number of nitrogens with zero attached hydrogens (tertiary/aromatic N) is 3. The van der Waals surface area contributed by atoms with E-state index in [0.29, 0.717) is 39.3 Å². The zero-order valence-corrected chi connectivity index (χ0v) is 39.3. The van der Waals surface area contributed by atoms with Gasteiger partial charge in [-0.2, -0.15) is 0 Å². The summed E-state index contributed by atoms with van der Waals surface area (Å²) in [5.74, 6) is -2.76. The Morgan fingerprint density at radius 3 is 2.20 bits per heavy atom. The Hall–Kier alpha value is -1.13. The molecule has 0 aromatic heterocycles. The summed E-state index contributed by atoms with van der Waals surface area (Å²) in [7, 11) is 5.20. The second kappa shape index (κ2) is 21.9. The molecule has 0 spiro atoms. The third kappa shape index (κ3) is 12.8. The highest BCUT2D eigenvalue weighted by Crippen LogP contribution is 2.40. The van der Waals surface area contributed by atoms with Crippen LogP contribution in [0.5, 0.6) is 0 Å². The fourth-order valence-electron chi connectivity index (χ4n) is 10.3. The van der Waals surface area contributed by atoms with Gasteiger partial charge in [-0.15, -0.1) is 0 Å². The minimum Gasteiger partial charge on any atom is -0.459 e. The Morgan fingerprint density at radius 2 is 1.59 bits per heavy atom. The first-order chi connectivity index (χ1) is 28.4. The molecule has 19 atom stereocenters. The molecule has 0 radical (unpaired) electrons. The van der Waals surface area contributed by atoms with Crippen molar-refractivity contribution in [1.82, 2.24) is 14.7 Å². The first-order valence-electron chi connectivity index (χ1n) is 22.6. The molecule has 0 amide bonds. The highest BCUT2D eigenvalue weighted by Gasteiger charge is 2.53. The molecule has 17 nitrogen and oxygen atoms in total. The van der Waals surface area contributed by atoms with Gasteiger partial charge in [0.05, 0.1) is 60.9 Å². The largest absolute Gasteiger partial charge is 0.459 e. The van der Waals surface area contributed by atoms with Gasteiger partial charge in [-0.3, -0.25) is 14.6 Å². The molecule has 61 heavy (non-hydrogen) atoms. The molecule has 4 heterocycles. The van der Waals surface area contributed by atoms with Gasteiger partial charge in [-0.1, -0.05) is 20.8 Å². The Bertz CT molecular complexity index is 1360. The van der Waals surface area contributed by atoms with Crippen molar-refractivity contribution in [2.24, 2.45) is 17.8 Å². The molecule has 4 rings (SSSR count). The first kappa shape index (κ1) is 52.5. The normalized spacial score (nSPS) is 46.4. The van der Waals surface area contributed by atoms with Crippen molar-refractivity contribution in [3.8, 4) is 0 Å². The zero-order chi connectivity index (χ0) is 45.8. The molecule has 0 bridgehead atoms. The van der Waals surface area contributed by atoms with Gasteiger partial charge in [0.15, 0.2) is 12.6 Å². The van der Waals surface area contributed by atoms with Crippen LogP contribution in [0.1, 0.15) is 94.9 Å². The van der Waals surface area contributed by atoms with Crippen molar-refractivity contribution in [3.05, 3.63) is 0 Å². The fraction of sp³-hybridized carbons (Fsp3) is 0.977. The van der Waals surface area contributed by atoms with E-state index in [2.05, 4.69) is 4.90 Å². The van der Waals surface area contributed by atoms with E-state index < -0.39 is 108 Å². The third-order valence-corrected chi connectivity index (χ3v) is 14.2. The lowest BCUT2D eigenvalue weighted by molar-refractivity contribution is -0.318. The summed E-state index contributed by atoms with van der Waals surface area (Å²) in [6.45, 7) is 21.4. The Morgan fingerprint density at radius 1 is 0.951 bits per heavy atom. The van der Waals surface area contributed by atoms with Gasteiger partial charge in [0.25, 0.3) is 0 Å². The van der Waals surface area contributed by atoms with E-state index in [1.807, 2.05) is 44.7 Å². The Kier molecular flexibility index (Phi) is 18.9. The van der Waals surface area contributed by atoms with Crippen LogP contribution >= 0.6 is 0 Å². The smallest absolute Gasteiger partial charge is 0.311 e. The zero-order valence-electron chi connectivity index (χ0n) is 39.3. The van der Waals surface area contributed by atoms with Gasteiger partial charge >= 0.3 is 5.97 Å². The summed E-state index contributed by atoms with van der Waals surface area (Å²) in [5.41, 5.74) is -4.50. The minimum atomic E-state index is -1.83. The number of carbonyl (C=O) groups is 1. The van der Waals surface area contributed by atoms with Crippen LogP contribution in [0, 0.1) is 17.8 Å². The van der Waals surface area contributed by atoms with Gasteiger partial charge in [0.1, 0.15) is 30.0 Å². The number of ether oxygens (including phenoxy) is 7. The van der Waals surface area contributed by atoms with Crippen LogP contribution in [0.25, 0.3) is 0 Å². The molecular weight excluding hydrogens is 794 g/mol. The lowest BCUT2D eigenvalue weighted by atomic mass is 9.77. The van der Waals surface area contributed by atoms with Gasteiger partial charge < -0.3 is 68.7 Å². The average molecular weight is 878 g/mol. The van der Waals surface area contributed by atoms with Crippen molar-refractivity contribution in [1.29, 1.82) is 0 Å². The van der Waals surface area contributed by atoms with E-state index in [1.165, 1.54) is 14.0 Å². The number of hydrogen-bond donors (Lipinski definition) is 6. The molecule has 4 saturated heterocycles. The number of aliphatic hydroxyl groups excluding tert-OH is 4. The molecule has 0 aromatic carbocycles. The summed E-state index contributed by atoms with van der Waals surface area (Å²) in [6, 6.07) is -1.03. The number of hydrogen-bond acceptors (Lipinski definition) is 17. The fourth-order valence-corrected chi connectivity index (χ4v) is 10.3. The maximum atomic E-state index is 14.4. The van der Waals surface area contributed by atoms with E-state index >= 15 is 0 Å². The van der Waals surface area contributed by atoms with Crippen molar-refractivity contribution < 1.29 is 68.6 Å². The van der Waals surface area contributed by atoms with Crippen molar-refractivity contribution in [2.45, 2.75) is 191 Å². The number of aliphatic hydroxyl groups is 6. The first-order valence-corrected chi connectivity index (χ1v) is 22.6. The maximum absolute atomic E-state index is 14.4. The summed E-state index contributed by atoms with van der Waals surface area (Å²) >= 11 is 0. The molecule has 2 unspecified atom stereocenters. The van der Waals surface area contributed by atoms with E-state index in [-0.39, 0.29) is 31.3 Å². The van der Waals surface area contributed by atoms with Crippen LogP contribution in [-0.4, -0.2) is 215 Å². The standard InChI is InChI=1S/C44H83N3O14/c1-14-33-44(10,54)37(50)29(6)45(11)22-25(2)20-42(8,53)39(27(4)36(28(5)40(52)59-33)60-34-21-43(9,55-13)38(51)30(7)58-34)61-41-35(49)32(19-26(3)57-41)46(12)23-31(48)24-47-15-17-56-18-16-47/h25-39,41,48-51,53-54H,14-24H2,1-13H3/t25-,26-,27+,28-,29-,30+,31?,32?,33-,34+,35-,36+,37-,38+,39-,41+,42-,43-,44-/m1/s1. The number of esters is 1. The summed E-state index contributed by atoms with van der Waals surface area (Å²) < 4.78 is 43.5. The van der Waals surface area contributed by atoms with E-state index in [1.54, 1.807) is 41.5 Å². The number of β-amino-alcohol motifs (C(OH)–C–C–N with tert-alkyl or cyclic N) is 1. The summed E-state index contributed by atoms with van der Waals surface area (Å²) in [4.78, 5) is 20.4. The number of likely N-dealkylation sites (N-methyl/N-ethyl adjacent to an activating group) is 2. The SMILES string of the molecule is CC[C@H]1OC(=O)[C@H](C)[C@@H](O[C@H]2C[C@@](C)(OC)[C@@H](O)[C@H](C)O2)[C@H](C)[C@@H](O[C@@H]2O[C@H](C)CC(N(C)CC(O)CN3CCOCC3)[C@H]2O)[C@](C)(O)C[C@@H](C)CN(C)[C@H](C)[C@@H](O)[C@]1(C)O.